The summed E-state index contributed by atoms with van der Waals surface area (Å²) in [6.45, 7) is 7.73. The number of hydrogen-bond acceptors (Lipinski definition) is 2. The summed E-state index contributed by atoms with van der Waals surface area (Å²) in [5.74, 6) is 0.983. The molecule has 0 aliphatic carbocycles. The van der Waals surface area contributed by atoms with Gasteiger partial charge in [0.2, 0.25) is 0 Å². The molecule has 2 rings (SSSR count). The smallest absolute Gasteiger partial charge is 0.122 e. The predicted octanol–water partition coefficient (Wildman–Crippen LogP) is 4.87. The third-order valence-electron chi connectivity index (χ3n) is 3.31. The van der Waals surface area contributed by atoms with Crippen LogP contribution in [-0.2, 0) is 0 Å². The summed E-state index contributed by atoms with van der Waals surface area (Å²) in [5, 5.41) is 3.36. The minimum Gasteiger partial charge on any atom is -0.491 e. The molecule has 0 saturated carbocycles. The average Bonchev–Trinajstić information content (AvgIpc) is 2.41. The van der Waals surface area contributed by atoms with Gasteiger partial charge in [-0.05, 0) is 71.6 Å². The second kappa shape index (κ2) is 6.80. The normalized spacial score (nSPS) is 10.4. The number of ether oxygens (including phenoxy) is 1. The van der Waals surface area contributed by atoms with Gasteiger partial charge in [-0.15, -0.1) is 0 Å². The van der Waals surface area contributed by atoms with Crippen molar-refractivity contribution in [3.05, 3.63) is 57.6 Å². The third kappa shape index (κ3) is 3.76. The van der Waals surface area contributed by atoms with Crippen LogP contribution >= 0.6 is 15.9 Å². The molecule has 0 saturated heterocycles. The standard InChI is InChI=1S/C17H20BrNO/c1-12-10-13(2)14(3)17(11-12)20-9-8-19-16-7-5-4-6-15(16)18/h4-7,10-11,19H,8-9H2,1-3H3. The average molecular weight is 334 g/mol. The zero-order chi connectivity index (χ0) is 14.5. The van der Waals surface area contributed by atoms with Gasteiger partial charge in [-0.2, -0.15) is 0 Å². The molecule has 0 bridgehead atoms. The predicted molar refractivity (Wildman–Crippen MR) is 88.8 cm³/mol. The van der Waals surface area contributed by atoms with E-state index in [2.05, 4.69) is 54.2 Å². The van der Waals surface area contributed by atoms with E-state index in [-0.39, 0.29) is 0 Å². The zero-order valence-corrected chi connectivity index (χ0v) is 13.8. The highest BCUT2D eigenvalue weighted by Gasteiger charge is 2.04. The Morgan fingerprint density at radius 3 is 2.60 bits per heavy atom. The maximum absolute atomic E-state index is 5.88. The van der Waals surface area contributed by atoms with Crippen LogP contribution in [-0.4, -0.2) is 13.2 Å². The topological polar surface area (TPSA) is 21.3 Å². The Bertz CT molecular complexity index is 596. The van der Waals surface area contributed by atoms with Crippen LogP contribution in [0.3, 0.4) is 0 Å². The van der Waals surface area contributed by atoms with Crippen molar-refractivity contribution in [3.8, 4) is 5.75 Å². The summed E-state index contributed by atoms with van der Waals surface area (Å²) in [5.41, 5.74) is 4.82. The number of halogens is 1. The molecule has 0 unspecified atom stereocenters. The molecule has 0 aliphatic rings. The van der Waals surface area contributed by atoms with Gasteiger partial charge in [0, 0.05) is 16.7 Å². The van der Waals surface area contributed by atoms with Gasteiger partial charge in [-0.25, -0.2) is 0 Å². The number of hydrogen-bond donors (Lipinski definition) is 1. The Morgan fingerprint density at radius 2 is 1.85 bits per heavy atom. The molecule has 0 radical (unpaired) electrons. The summed E-state index contributed by atoms with van der Waals surface area (Å²) in [6.07, 6.45) is 0. The molecule has 2 aromatic rings. The summed E-state index contributed by atoms with van der Waals surface area (Å²) < 4.78 is 6.95. The number of anilines is 1. The van der Waals surface area contributed by atoms with E-state index in [0.29, 0.717) is 6.61 Å². The van der Waals surface area contributed by atoms with Crippen molar-refractivity contribution in [1.82, 2.24) is 0 Å². The Balaban J connectivity index is 1.89. The maximum atomic E-state index is 5.88. The Morgan fingerprint density at radius 1 is 1.10 bits per heavy atom. The Kier molecular flexibility index (Phi) is 5.07. The second-order valence-corrected chi connectivity index (χ2v) is 5.81. The molecule has 2 aromatic carbocycles. The van der Waals surface area contributed by atoms with Crippen molar-refractivity contribution in [2.75, 3.05) is 18.5 Å². The molecule has 3 heteroatoms. The molecule has 0 aliphatic heterocycles. The number of para-hydroxylation sites is 1. The van der Waals surface area contributed by atoms with Gasteiger partial charge in [0.15, 0.2) is 0 Å². The minimum absolute atomic E-state index is 0.644. The summed E-state index contributed by atoms with van der Waals surface area (Å²) >= 11 is 3.52. The number of benzene rings is 2. The summed E-state index contributed by atoms with van der Waals surface area (Å²) in [7, 11) is 0. The molecular formula is C17H20BrNO. The van der Waals surface area contributed by atoms with Crippen LogP contribution < -0.4 is 10.1 Å². The van der Waals surface area contributed by atoms with E-state index in [4.69, 9.17) is 4.74 Å². The molecule has 0 atom stereocenters. The highest BCUT2D eigenvalue weighted by atomic mass is 79.9. The van der Waals surface area contributed by atoms with Crippen molar-refractivity contribution in [1.29, 1.82) is 0 Å². The lowest BCUT2D eigenvalue weighted by molar-refractivity contribution is 0.330. The van der Waals surface area contributed by atoms with Crippen LogP contribution in [0.25, 0.3) is 0 Å². The molecule has 2 nitrogen and oxygen atoms in total. The fourth-order valence-electron chi connectivity index (χ4n) is 2.10. The first-order valence-electron chi connectivity index (χ1n) is 6.77. The highest BCUT2D eigenvalue weighted by Crippen LogP contribution is 2.23. The number of aryl methyl sites for hydroxylation is 2. The van der Waals surface area contributed by atoms with E-state index >= 15 is 0 Å². The summed E-state index contributed by atoms with van der Waals surface area (Å²) in [6, 6.07) is 12.4. The Labute approximate surface area is 129 Å². The maximum Gasteiger partial charge on any atom is 0.122 e. The minimum atomic E-state index is 0.644. The van der Waals surface area contributed by atoms with Crippen LogP contribution in [0.2, 0.25) is 0 Å². The molecule has 1 N–H and O–H groups in total. The highest BCUT2D eigenvalue weighted by molar-refractivity contribution is 9.10. The molecule has 106 valence electrons. The molecule has 0 amide bonds. The molecule has 0 aromatic heterocycles. The van der Waals surface area contributed by atoms with Crippen LogP contribution in [0.15, 0.2) is 40.9 Å². The van der Waals surface area contributed by atoms with Gasteiger partial charge in [-0.1, -0.05) is 18.2 Å². The van der Waals surface area contributed by atoms with Crippen LogP contribution in [0.1, 0.15) is 16.7 Å². The van der Waals surface area contributed by atoms with E-state index in [1.54, 1.807) is 0 Å². The van der Waals surface area contributed by atoms with Crippen molar-refractivity contribution < 1.29 is 4.74 Å². The van der Waals surface area contributed by atoms with Gasteiger partial charge in [0.25, 0.3) is 0 Å². The van der Waals surface area contributed by atoms with Crippen molar-refractivity contribution >= 4 is 21.6 Å². The third-order valence-corrected chi connectivity index (χ3v) is 4.00. The Hall–Kier alpha value is -1.48. The second-order valence-electron chi connectivity index (χ2n) is 4.96. The van der Waals surface area contributed by atoms with Gasteiger partial charge in [0.05, 0.1) is 0 Å². The van der Waals surface area contributed by atoms with Crippen LogP contribution in [0, 0.1) is 20.8 Å². The van der Waals surface area contributed by atoms with Crippen molar-refractivity contribution in [2.45, 2.75) is 20.8 Å². The molecule has 0 heterocycles. The van der Waals surface area contributed by atoms with Gasteiger partial charge >= 0.3 is 0 Å². The van der Waals surface area contributed by atoms with E-state index in [1.165, 1.54) is 16.7 Å². The van der Waals surface area contributed by atoms with E-state index in [9.17, 15) is 0 Å². The lowest BCUT2D eigenvalue weighted by atomic mass is 10.1. The quantitative estimate of drug-likeness (QED) is 0.788. The van der Waals surface area contributed by atoms with E-state index in [0.717, 1.165) is 22.5 Å². The number of nitrogens with one attached hydrogen (secondary N) is 1. The first-order valence-corrected chi connectivity index (χ1v) is 7.56. The summed E-state index contributed by atoms with van der Waals surface area (Å²) in [4.78, 5) is 0. The largest absolute Gasteiger partial charge is 0.491 e. The molecule has 0 spiro atoms. The van der Waals surface area contributed by atoms with E-state index in [1.807, 2.05) is 24.3 Å². The molecular weight excluding hydrogens is 314 g/mol. The monoisotopic (exact) mass is 333 g/mol. The molecule has 0 fully saturated rings. The van der Waals surface area contributed by atoms with Gasteiger partial charge in [0.1, 0.15) is 12.4 Å². The fourth-order valence-corrected chi connectivity index (χ4v) is 2.53. The number of rotatable bonds is 5. The lowest BCUT2D eigenvalue weighted by Gasteiger charge is -2.13. The van der Waals surface area contributed by atoms with Crippen molar-refractivity contribution in [2.24, 2.45) is 0 Å². The van der Waals surface area contributed by atoms with E-state index < -0.39 is 0 Å². The van der Waals surface area contributed by atoms with Crippen LogP contribution in [0.5, 0.6) is 5.75 Å². The SMILES string of the molecule is Cc1cc(C)c(C)c(OCCNc2ccccc2Br)c1. The first kappa shape index (κ1) is 14.9. The first-order chi connectivity index (χ1) is 9.58. The van der Waals surface area contributed by atoms with Crippen LogP contribution in [0.4, 0.5) is 5.69 Å². The van der Waals surface area contributed by atoms with Gasteiger partial charge < -0.3 is 10.1 Å². The lowest BCUT2D eigenvalue weighted by Crippen LogP contribution is -2.12. The van der Waals surface area contributed by atoms with Gasteiger partial charge in [-0.3, -0.25) is 0 Å². The molecule has 20 heavy (non-hydrogen) atoms. The fraction of sp³-hybridized carbons (Fsp3) is 0.294. The zero-order valence-electron chi connectivity index (χ0n) is 12.2. The van der Waals surface area contributed by atoms with Crippen molar-refractivity contribution in [3.63, 3.8) is 0 Å².